The molecule has 1 saturated carbocycles. The predicted molar refractivity (Wildman–Crippen MR) is 88.2 cm³/mol. The Balaban J connectivity index is 1.73. The van der Waals surface area contributed by atoms with Crippen molar-refractivity contribution in [3.63, 3.8) is 0 Å². The molecule has 2 aromatic carbocycles. The summed E-state index contributed by atoms with van der Waals surface area (Å²) in [4.78, 5) is 12.5. The van der Waals surface area contributed by atoms with E-state index in [1.807, 2.05) is 37.3 Å². The van der Waals surface area contributed by atoms with Gasteiger partial charge in [0.2, 0.25) is 5.13 Å². The van der Waals surface area contributed by atoms with E-state index >= 15 is 0 Å². The minimum absolute atomic E-state index is 0.135. The van der Waals surface area contributed by atoms with Crippen LogP contribution < -0.4 is 5.32 Å². The Morgan fingerprint density at radius 2 is 2.09 bits per heavy atom. The Morgan fingerprint density at radius 1 is 1.27 bits per heavy atom. The van der Waals surface area contributed by atoms with Crippen molar-refractivity contribution in [1.29, 1.82) is 0 Å². The first-order valence-corrected chi connectivity index (χ1v) is 8.00. The number of anilines is 1. The summed E-state index contributed by atoms with van der Waals surface area (Å²) in [5.41, 5.74) is 1.90. The SMILES string of the molecule is Cc1nnc(NC(=O)c2cc(C3[CH]C3)c3ccccc3c2)s1. The van der Waals surface area contributed by atoms with Gasteiger partial charge in [-0.15, -0.1) is 10.2 Å². The molecule has 1 amide bonds. The first-order chi connectivity index (χ1) is 10.7. The first kappa shape index (κ1) is 13.4. The number of nitrogens with zero attached hydrogens (tertiary/aromatic N) is 2. The number of fused-ring (bicyclic) bond motifs is 1. The summed E-state index contributed by atoms with van der Waals surface area (Å²) in [6, 6.07) is 12.1. The van der Waals surface area contributed by atoms with Crippen LogP contribution in [0.5, 0.6) is 0 Å². The molecular formula is C17H14N3OS. The van der Waals surface area contributed by atoms with Crippen LogP contribution in [0.4, 0.5) is 5.13 Å². The van der Waals surface area contributed by atoms with Crippen molar-refractivity contribution in [2.75, 3.05) is 5.32 Å². The van der Waals surface area contributed by atoms with Crippen LogP contribution in [-0.4, -0.2) is 16.1 Å². The van der Waals surface area contributed by atoms with E-state index < -0.39 is 0 Å². The largest absolute Gasteiger partial charge is 0.296 e. The fourth-order valence-electron chi connectivity index (χ4n) is 2.62. The fourth-order valence-corrected chi connectivity index (χ4v) is 3.20. The number of amides is 1. The highest BCUT2D eigenvalue weighted by Gasteiger charge is 2.27. The Bertz CT molecular complexity index is 867. The molecule has 5 heteroatoms. The number of aromatic nitrogens is 2. The van der Waals surface area contributed by atoms with Crippen molar-refractivity contribution in [1.82, 2.24) is 10.2 Å². The molecule has 1 aliphatic carbocycles. The Labute approximate surface area is 132 Å². The Morgan fingerprint density at radius 3 is 2.82 bits per heavy atom. The highest BCUT2D eigenvalue weighted by Crippen LogP contribution is 2.42. The first-order valence-electron chi connectivity index (χ1n) is 7.18. The normalized spacial score (nSPS) is 14.2. The summed E-state index contributed by atoms with van der Waals surface area (Å²) in [7, 11) is 0. The zero-order chi connectivity index (χ0) is 15.1. The average molecular weight is 308 g/mol. The van der Waals surface area contributed by atoms with Gasteiger partial charge < -0.3 is 0 Å². The summed E-state index contributed by atoms with van der Waals surface area (Å²) in [5.74, 6) is 0.338. The number of benzene rings is 2. The van der Waals surface area contributed by atoms with Crippen molar-refractivity contribution in [3.8, 4) is 0 Å². The molecule has 0 aliphatic heterocycles. The maximum Gasteiger partial charge on any atom is 0.257 e. The van der Waals surface area contributed by atoms with Crippen molar-refractivity contribution < 1.29 is 4.79 Å². The smallest absolute Gasteiger partial charge is 0.257 e. The van der Waals surface area contributed by atoms with Crippen LogP contribution in [0.3, 0.4) is 0 Å². The molecule has 1 radical (unpaired) electrons. The maximum atomic E-state index is 12.5. The van der Waals surface area contributed by atoms with Gasteiger partial charge in [0.05, 0.1) is 0 Å². The second-order valence-corrected chi connectivity index (χ2v) is 6.63. The molecule has 1 atom stereocenters. The molecule has 4 rings (SSSR count). The quantitative estimate of drug-likeness (QED) is 0.797. The summed E-state index contributed by atoms with van der Waals surface area (Å²) < 4.78 is 0. The van der Waals surface area contributed by atoms with Gasteiger partial charge in [-0.2, -0.15) is 0 Å². The number of nitrogens with one attached hydrogen (secondary N) is 1. The van der Waals surface area contributed by atoms with Gasteiger partial charge in [-0.25, -0.2) is 0 Å². The van der Waals surface area contributed by atoms with Gasteiger partial charge in [0.25, 0.3) is 5.91 Å². The molecular weight excluding hydrogens is 294 g/mol. The van der Waals surface area contributed by atoms with Gasteiger partial charge in [0.1, 0.15) is 5.01 Å². The molecule has 0 saturated heterocycles. The van der Waals surface area contributed by atoms with Gasteiger partial charge in [-0.3, -0.25) is 10.1 Å². The molecule has 4 nitrogen and oxygen atoms in total. The summed E-state index contributed by atoms with van der Waals surface area (Å²) in [6.45, 7) is 1.87. The van der Waals surface area contributed by atoms with E-state index in [0.29, 0.717) is 16.6 Å². The van der Waals surface area contributed by atoms with Crippen LogP contribution in [0.25, 0.3) is 10.8 Å². The summed E-state index contributed by atoms with van der Waals surface area (Å²) in [5, 5.41) is 14.4. The van der Waals surface area contributed by atoms with Crippen LogP contribution in [0, 0.1) is 13.3 Å². The van der Waals surface area contributed by atoms with Gasteiger partial charge in [0, 0.05) is 5.56 Å². The molecule has 0 spiro atoms. The molecule has 3 aromatic rings. The van der Waals surface area contributed by atoms with E-state index in [1.165, 1.54) is 22.3 Å². The molecule has 1 unspecified atom stereocenters. The molecule has 22 heavy (non-hydrogen) atoms. The molecule has 109 valence electrons. The van der Waals surface area contributed by atoms with E-state index in [0.717, 1.165) is 16.8 Å². The topological polar surface area (TPSA) is 54.9 Å². The van der Waals surface area contributed by atoms with Crippen LogP contribution in [0.15, 0.2) is 36.4 Å². The third-order valence-corrected chi connectivity index (χ3v) is 4.53. The average Bonchev–Trinajstić information content (AvgIpc) is 3.29. The van der Waals surface area contributed by atoms with Gasteiger partial charge in [0.15, 0.2) is 0 Å². The highest BCUT2D eigenvalue weighted by molar-refractivity contribution is 7.15. The van der Waals surface area contributed by atoms with Crippen LogP contribution >= 0.6 is 11.3 Å². The number of carbonyl (C=O) groups excluding carboxylic acids is 1. The van der Waals surface area contributed by atoms with Crippen molar-refractivity contribution in [3.05, 3.63) is 59.0 Å². The Hall–Kier alpha value is -2.27. The van der Waals surface area contributed by atoms with Crippen molar-refractivity contribution in [2.45, 2.75) is 19.3 Å². The lowest BCUT2D eigenvalue weighted by Crippen LogP contribution is -2.12. The zero-order valence-electron chi connectivity index (χ0n) is 12.0. The van der Waals surface area contributed by atoms with Crippen LogP contribution in [0.1, 0.15) is 33.3 Å². The van der Waals surface area contributed by atoms with E-state index in [-0.39, 0.29) is 5.91 Å². The van der Waals surface area contributed by atoms with E-state index in [1.54, 1.807) is 0 Å². The minimum Gasteiger partial charge on any atom is -0.296 e. The molecule has 1 fully saturated rings. The predicted octanol–water partition coefficient (Wildman–Crippen LogP) is 3.94. The van der Waals surface area contributed by atoms with Gasteiger partial charge in [-0.05, 0) is 54.2 Å². The number of hydrogen-bond acceptors (Lipinski definition) is 4. The van der Waals surface area contributed by atoms with Gasteiger partial charge >= 0.3 is 0 Å². The van der Waals surface area contributed by atoms with E-state index in [4.69, 9.17) is 0 Å². The second kappa shape index (κ2) is 5.18. The molecule has 0 bridgehead atoms. The fraction of sp³-hybridized carbons (Fsp3) is 0.176. The lowest BCUT2D eigenvalue weighted by Gasteiger charge is -2.09. The monoisotopic (exact) mass is 308 g/mol. The van der Waals surface area contributed by atoms with Crippen molar-refractivity contribution in [2.24, 2.45) is 0 Å². The molecule has 1 N–H and O–H groups in total. The highest BCUT2D eigenvalue weighted by atomic mass is 32.1. The van der Waals surface area contributed by atoms with Gasteiger partial charge in [-0.1, -0.05) is 35.6 Å². The number of carbonyl (C=O) groups is 1. The van der Waals surface area contributed by atoms with E-state index in [2.05, 4.69) is 28.0 Å². The van der Waals surface area contributed by atoms with Crippen LogP contribution in [0.2, 0.25) is 0 Å². The number of hydrogen-bond donors (Lipinski definition) is 1. The summed E-state index contributed by atoms with van der Waals surface area (Å²) >= 11 is 1.38. The maximum absolute atomic E-state index is 12.5. The summed E-state index contributed by atoms with van der Waals surface area (Å²) in [6.07, 6.45) is 3.35. The van der Waals surface area contributed by atoms with Crippen LogP contribution in [-0.2, 0) is 0 Å². The van der Waals surface area contributed by atoms with E-state index in [9.17, 15) is 4.79 Å². The molecule has 1 heterocycles. The number of rotatable bonds is 3. The lowest BCUT2D eigenvalue weighted by molar-refractivity contribution is 0.102. The third-order valence-electron chi connectivity index (χ3n) is 3.77. The second-order valence-electron chi connectivity index (χ2n) is 5.44. The molecule has 1 aromatic heterocycles. The van der Waals surface area contributed by atoms with Crippen molar-refractivity contribution >= 4 is 33.1 Å². The Kier molecular flexibility index (Phi) is 3.15. The zero-order valence-corrected chi connectivity index (χ0v) is 12.9. The standard InChI is InChI=1S/C17H14N3OS/c1-10-19-20-17(22-10)18-16(21)13-8-12-4-2-3-5-14(12)15(9-13)11-6-7-11/h2-6,8-9,11H,7H2,1H3,(H,18,20,21). The third kappa shape index (κ3) is 2.48. The lowest BCUT2D eigenvalue weighted by atomic mass is 9.97. The minimum atomic E-state index is -0.135. The molecule has 1 aliphatic rings. The number of aryl methyl sites for hydroxylation is 1.